The molecule has 2 aromatic carbocycles. The van der Waals surface area contributed by atoms with E-state index in [2.05, 4.69) is 39.9 Å². The van der Waals surface area contributed by atoms with Crippen molar-refractivity contribution in [3.05, 3.63) is 75.2 Å². The van der Waals surface area contributed by atoms with Gasteiger partial charge >= 0.3 is 12.1 Å². The summed E-state index contributed by atoms with van der Waals surface area (Å²) in [5.41, 5.74) is 5.12. The zero-order valence-electron chi connectivity index (χ0n) is 18.8. The van der Waals surface area contributed by atoms with Crippen LogP contribution in [-0.4, -0.2) is 40.7 Å². The number of ether oxygens (including phenoxy) is 1. The van der Waals surface area contributed by atoms with E-state index in [-0.39, 0.29) is 31.4 Å². The highest BCUT2D eigenvalue weighted by molar-refractivity contribution is 7.13. The van der Waals surface area contributed by atoms with Crippen LogP contribution in [0.5, 0.6) is 0 Å². The Morgan fingerprint density at radius 2 is 1.71 bits per heavy atom. The smallest absolute Gasteiger partial charge is 0.407 e. The third-order valence-corrected chi connectivity index (χ3v) is 6.79. The van der Waals surface area contributed by atoms with E-state index in [4.69, 9.17) is 9.84 Å². The number of fused-ring (bicyclic) bond motifs is 3. The number of nitrogens with one attached hydrogen (secondary N) is 2. The summed E-state index contributed by atoms with van der Waals surface area (Å²) in [6, 6.07) is 15.7. The number of carbonyl (C=O) groups is 3. The highest BCUT2D eigenvalue weighted by Gasteiger charge is 2.29. The molecule has 0 saturated heterocycles. The van der Waals surface area contributed by atoms with Gasteiger partial charge in [-0.3, -0.25) is 9.59 Å². The van der Waals surface area contributed by atoms with Crippen molar-refractivity contribution in [1.29, 1.82) is 0 Å². The first kappa shape index (κ1) is 23.4. The Bertz CT molecular complexity index is 1190. The fourth-order valence-corrected chi connectivity index (χ4v) is 5.05. The number of aryl methyl sites for hydroxylation is 1. The second kappa shape index (κ2) is 10.0. The summed E-state index contributed by atoms with van der Waals surface area (Å²) in [4.78, 5) is 40.3. The Balaban J connectivity index is 1.33. The molecule has 1 aromatic heterocycles. The summed E-state index contributed by atoms with van der Waals surface area (Å²) in [7, 11) is 0. The number of hydrogen-bond donors (Lipinski definition) is 3. The van der Waals surface area contributed by atoms with Crippen LogP contribution in [0.2, 0.25) is 0 Å². The number of aromatic nitrogens is 1. The molecule has 0 saturated carbocycles. The zero-order valence-corrected chi connectivity index (χ0v) is 19.6. The van der Waals surface area contributed by atoms with Gasteiger partial charge in [0, 0.05) is 12.0 Å². The van der Waals surface area contributed by atoms with E-state index < -0.39 is 18.1 Å². The normalized spacial score (nSPS) is 13.0. The van der Waals surface area contributed by atoms with E-state index in [0.29, 0.717) is 15.6 Å². The van der Waals surface area contributed by atoms with Crippen molar-refractivity contribution in [2.24, 2.45) is 0 Å². The third-order valence-electron chi connectivity index (χ3n) is 5.63. The third kappa shape index (κ3) is 5.09. The van der Waals surface area contributed by atoms with Crippen LogP contribution in [0.15, 0.2) is 48.5 Å². The van der Waals surface area contributed by atoms with Gasteiger partial charge < -0.3 is 20.5 Å². The first-order chi connectivity index (χ1) is 16.3. The number of thiazole rings is 1. The lowest BCUT2D eigenvalue weighted by molar-refractivity contribution is -0.137. The molecule has 0 unspecified atom stereocenters. The summed E-state index contributed by atoms with van der Waals surface area (Å²) in [6.45, 7) is 3.66. The molecule has 8 nitrogen and oxygen atoms in total. The summed E-state index contributed by atoms with van der Waals surface area (Å²) in [5, 5.41) is 14.7. The van der Waals surface area contributed by atoms with E-state index in [9.17, 15) is 14.4 Å². The minimum atomic E-state index is -0.984. The molecule has 9 heteroatoms. The Kier molecular flexibility index (Phi) is 6.93. The highest BCUT2D eigenvalue weighted by atomic mass is 32.1. The highest BCUT2D eigenvalue weighted by Crippen LogP contribution is 2.44. The SMILES string of the molecule is Cc1nc(CNC(=O)OCC2c3ccccc3-c3ccccc32)sc1C(=O)N[C@@H](C)CC(=O)O. The molecule has 4 rings (SSSR count). The topological polar surface area (TPSA) is 118 Å². The van der Waals surface area contributed by atoms with E-state index in [1.165, 1.54) is 0 Å². The number of amides is 2. The van der Waals surface area contributed by atoms with Gasteiger partial charge in [0.15, 0.2) is 0 Å². The van der Waals surface area contributed by atoms with Crippen LogP contribution in [0.25, 0.3) is 11.1 Å². The number of benzene rings is 2. The molecule has 3 aromatic rings. The van der Waals surface area contributed by atoms with Crippen molar-refractivity contribution in [3.8, 4) is 11.1 Å². The average molecular weight is 480 g/mol. The maximum absolute atomic E-state index is 12.4. The molecule has 0 spiro atoms. The molecule has 176 valence electrons. The number of aliphatic carboxylic acids is 1. The molecule has 1 aliphatic rings. The number of rotatable bonds is 8. The van der Waals surface area contributed by atoms with Crippen molar-refractivity contribution >= 4 is 29.3 Å². The van der Waals surface area contributed by atoms with Gasteiger partial charge in [-0.1, -0.05) is 48.5 Å². The maximum atomic E-state index is 12.4. The average Bonchev–Trinajstić information content (AvgIpc) is 3.33. The molecule has 1 aliphatic carbocycles. The number of alkyl carbamates (subject to hydrolysis) is 1. The van der Waals surface area contributed by atoms with Crippen LogP contribution >= 0.6 is 11.3 Å². The molecular weight excluding hydrogens is 454 g/mol. The lowest BCUT2D eigenvalue weighted by Crippen LogP contribution is -2.34. The van der Waals surface area contributed by atoms with Gasteiger partial charge in [0.05, 0.1) is 18.7 Å². The lowest BCUT2D eigenvalue weighted by Gasteiger charge is -2.14. The van der Waals surface area contributed by atoms with Crippen molar-refractivity contribution in [1.82, 2.24) is 15.6 Å². The molecule has 34 heavy (non-hydrogen) atoms. The van der Waals surface area contributed by atoms with Crippen LogP contribution in [0, 0.1) is 6.92 Å². The molecule has 0 radical (unpaired) electrons. The maximum Gasteiger partial charge on any atom is 0.407 e. The largest absolute Gasteiger partial charge is 0.481 e. The molecule has 0 bridgehead atoms. The number of hydrogen-bond acceptors (Lipinski definition) is 6. The van der Waals surface area contributed by atoms with Gasteiger partial charge in [-0.2, -0.15) is 0 Å². The Hall–Kier alpha value is -3.72. The lowest BCUT2D eigenvalue weighted by atomic mass is 9.98. The minimum Gasteiger partial charge on any atom is -0.481 e. The fraction of sp³-hybridized carbons (Fsp3) is 0.280. The van der Waals surface area contributed by atoms with Crippen LogP contribution in [0.1, 0.15) is 50.8 Å². The van der Waals surface area contributed by atoms with Gasteiger partial charge in [0.2, 0.25) is 0 Å². The molecular formula is C25H25N3O5S. The van der Waals surface area contributed by atoms with Gasteiger partial charge in [-0.15, -0.1) is 11.3 Å². The second-order valence-corrected chi connectivity index (χ2v) is 9.26. The predicted octanol–water partition coefficient (Wildman–Crippen LogP) is 4.08. The second-order valence-electron chi connectivity index (χ2n) is 8.17. The summed E-state index contributed by atoms with van der Waals surface area (Å²) >= 11 is 1.15. The molecule has 1 atom stereocenters. The fourth-order valence-electron chi connectivity index (χ4n) is 4.14. The van der Waals surface area contributed by atoms with E-state index >= 15 is 0 Å². The van der Waals surface area contributed by atoms with Gasteiger partial charge in [0.25, 0.3) is 5.91 Å². The molecule has 0 fully saturated rings. The minimum absolute atomic E-state index is 0.0247. The Morgan fingerprint density at radius 3 is 2.32 bits per heavy atom. The van der Waals surface area contributed by atoms with E-state index in [1.807, 2.05) is 24.3 Å². The van der Waals surface area contributed by atoms with Crippen LogP contribution in [0.4, 0.5) is 4.79 Å². The number of carbonyl (C=O) groups excluding carboxylic acids is 2. The summed E-state index contributed by atoms with van der Waals surface area (Å²) < 4.78 is 5.53. The van der Waals surface area contributed by atoms with Gasteiger partial charge in [0.1, 0.15) is 16.5 Å². The van der Waals surface area contributed by atoms with Crippen LogP contribution in [-0.2, 0) is 16.1 Å². The molecule has 2 amide bonds. The van der Waals surface area contributed by atoms with Crippen molar-refractivity contribution in [3.63, 3.8) is 0 Å². The zero-order chi connectivity index (χ0) is 24.2. The number of carboxylic acid groups (broad SMARTS) is 1. The van der Waals surface area contributed by atoms with Crippen molar-refractivity contribution in [2.75, 3.05) is 6.61 Å². The van der Waals surface area contributed by atoms with Gasteiger partial charge in [-0.25, -0.2) is 9.78 Å². The van der Waals surface area contributed by atoms with Crippen molar-refractivity contribution in [2.45, 2.75) is 38.8 Å². The Labute approximate surface area is 201 Å². The van der Waals surface area contributed by atoms with Crippen LogP contribution in [0.3, 0.4) is 0 Å². The first-order valence-electron chi connectivity index (χ1n) is 10.9. The summed E-state index contributed by atoms with van der Waals surface area (Å²) in [6.07, 6.45) is -0.726. The number of carboxylic acids is 1. The van der Waals surface area contributed by atoms with Crippen LogP contribution < -0.4 is 10.6 Å². The van der Waals surface area contributed by atoms with Crippen molar-refractivity contribution < 1.29 is 24.2 Å². The van der Waals surface area contributed by atoms with Gasteiger partial charge in [-0.05, 0) is 36.1 Å². The molecule has 1 heterocycles. The quantitative estimate of drug-likeness (QED) is 0.448. The Morgan fingerprint density at radius 1 is 1.09 bits per heavy atom. The monoisotopic (exact) mass is 479 g/mol. The number of nitrogens with zero attached hydrogens (tertiary/aromatic N) is 1. The molecule has 3 N–H and O–H groups in total. The van der Waals surface area contributed by atoms with E-state index in [1.54, 1.807) is 13.8 Å². The standard InChI is InChI=1S/C25H25N3O5S/c1-14(11-22(29)30)27-24(31)23-15(2)28-21(34-23)12-26-25(32)33-13-20-18-9-5-3-7-16(18)17-8-4-6-10-19(17)20/h3-10,14,20H,11-13H2,1-2H3,(H,26,32)(H,27,31)(H,29,30)/t14-/m0/s1. The van der Waals surface area contributed by atoms with E-state index in [0.717, 1.165) is 33.6 Å². The summed E-state index contributed by atoms with van der Waals surface area (Å²) in [5.74, 6) is -1.39. The predicted molar refractivity (Wildman–Crippen MR) is 128 cm³/mol. The molecule has 0 aliphatic heterocycles. The first-order valence-corrected chi connectivity index (χ1v) is 11.7.